The molecule has 0 atom stereocenters. The Morgan fingerprint density at radius 2 is 1.91 bits per heavy atom. The zero-order valence-electron chi connectivity index (χ0n) is 17.7. The molecule has 2 amide bonds. The van der Waals surface area contributed by atoms with Gasteiger partial charge in [-0.1, -0.05) is 23.2 Å². The molecule has 0 spiro atoms. The van der Waals surface area contributed by atoms with Gasteiger partial charge in [-0.2, -0.15) is 0 Å². The Hall–Kier alpha value is -2.84. The Morgan fingerprint density at radius 3 is 2.61 bits per heavy atom. The molecule has 10 heteroatoms. The Balaban J connectivity index is 1.51. The molecule has 0 aliphatic heterocycles. The van der Waals surface area contributed by atoms with Crippen LogP contribution in [-0.2, 0) is 16.1 Å². The van der Waals surface area contributed by atoms with Crippen molar-refractivity contribution < 1.29 is 18.7 Å². The zero-order valence-corrected chi connectivity index (χ0v) is 19.2. The van der Waals surface area contributed by atoms with Crippen molar-refractivity contribution in [1.82, 2.24) is 14.9 Å². The number of amides is 2. The number of hydrogen-bond donors (Lipinski definition) is 2. The normalized spacial score (nSPS) is 18.3. The molecular formula is C23H23Cl2FN4O3. The highest BCUT2D eigenvalue weighted by atomic mass is 35.5. The van der Waals surface area contributed by atoms with Gasteiger partial charge in [0.25, 0.3) is 5.91 Å². The van der Waals surface area contributed by atoms with E-state index in [9.17, 15) is 14.0 Å². The molecule has 0 saturated heterocycles. The minimum atomic E-state index is -0.621. The number of aromatic nitrogens is 2. The molecule has 1 aliphatic carbocycles. The number of nitrogens with zero attached hydrogens (tertiary/aromatic N) is 2. The van der Waals surface area contributed by atoms with Crippen LogP contribution in [-0.4, -0.2) is 39.3 Å². The topological polar surface area (TPSA) is 101 Å². The van der Waals surface area contributed by atoms with Crippen molar-refractivity contribution in [2.45, 2.75) is 38.3 Å². The largest absolute Gasteiger partial charge is 0.484 e. The summed E-state index contributed by atoms with van der Waals surface area (Å²) in [6.07, 6.45) is 2.51. The number of rotatable bonds is 7. The Morgan fingerprint density at radius 1 is 1.15 bits per heavy atom. The van der Waals surface area contributed by atoms with Gasteiger partial charge < -0.3 is 20.4 Å². The smallest absolute Gasteiger partial charge is 0.261 e. The summed E-state index contributed by atoms with van der Waals surface area (Å²) in [5.74, 6) is -0.569. The molecule has 3 N–H and O–H groups in total. The fourth-order valence-corrected chi connectivity index (χ4v) is 4.45. The van der Waals surface area contributed by atoms with Crippen molar-refractivity contribution in [2.24, 2.45) is 11.7 Å². The summed E-state index contributed by atoms with van der Waals surface area (Å²) in [6, 6.07) is 9.25. The van der Waals surface area contributed by atoms with E-state index in [-0.39, 0.29) is 47.7 Å². The summed E-state index contributed by atoms with van der Waals surface area (Å²) in [4.78, 5) is 34.2. The van der Waals surface area contributed by atoms with Crippen molar-refractivity contribution in [1.29, 1.82) is 0 Å². The van der Waals surface area contributed by atoms with Gasteiger partial charge in [0, 0.05) is 23.0 Å². The number of fused-ring (bicyclic) bond motifs is 1. The molecule has 1 aromatic heterocycles. The average Bonchev–Trinajstić information content (AvgIpc) is 3.19. The number of halogens is 3. The van der Waals surface area contributed by atoms with E-state index in [2.05, 4.69) is 9.97 Å². The third-order valence-corrected chi connectivity index (χ3v) is 6.47. The lowest BCUT2D eigenvalue weighted by Gasteiger charge is -2.35. The lowest BCUT2D eigenvalue weighted by molar-refractivity contribution is -0.137. The number of carbonyl (C=O) groups excluding carboxylic acids is 2. The molecule has 1 aliphatic rings. The molecular weight excluding hydrogens is 470 g/mol. The molecule has 33 heavy (non-hydrogen) atoms. The predicted octanol–water partition coefficient (Wildman–Crippen LogP) is 4.46. The number of ether oxygens (including phenoxy) is 1. The Bertz CT molecular complexity index is 1180. The van der Waals surface area contributed by atoms with Crippen molar-refractivity contribution >= 4 is 46.0 Å². The molecule has 0 radical (unpaired) electrons. The first kappa shape index (κ1) is 23.3. The number of hydrogen-bond acceptors (Lipinski definition) is 4. The highest BCUT2D eigenvalue weighted by molar-refractivity contribution is 6.31. The minimum Gasteiger partial charge on any atom is -0.484 e. The van der Waals surface area contributed by atoms with Crippen molar-refractivity contribution in [2.75, 3.05) is 6.61 Å². The quantitative estimate of drug-likeness (QED) is 0.508. The van der Waals surface area contributed by atoms with Crippen LogP contribution in [0.5, 0.6) is 5.75 Å². The maximum atomic E-state index is 13.7. The zero-order chi connectivity index (χ0) is 23.5. The fourth-order valence-electron chi connectivity index (χ4n) is 4.16. The van der Waals surface area contributed by atoms with Crippen LogP contribution in [0.2, 0.25) is 10.0 Å². The summed E-state index contributed by atoms with van der Waals surface area (Å²) < 4.78 is 19.2. The SMILES string of the molecule is NC(=O)C1CCC(N(Cc2nc3ccc(Cl)cc3[nH]2)C(=O)COc2ccc(Cl)c(F)c2)CC1. The first-order valence-electron chi connectivity index (χ1n) is 10.6. The first-order valence-corrected chi connectivity index (χ1v) is 11.4. The second-order valence-electron chi connectivity index (χ2n) is 8.14. The molecule has 1 saturated carbocycles. The summed E-state index contributed by atoms with van der Waals surface area (Å²) in [7, 11) is 0. The number of H-pyrrole nitrogens is 1. The second-order valence-corrected chi connectivity index (χ2v) is 8.98. The first-order chi connectivity index (χ1) is 15.8. The van der Waals surface area contributed by atoms with E-state index >= 15 is 0 Å². The molecule has 3 aromatic rings. The third-order valence-electron chi connectivity index (χ3n) is 5.93. The van der Waals surface area contributed by atoms with Crippen LogP contribution in [0.15, 0.2) is 36.4 Å². The van der Waals surface area contributed by atoms with Crippen molar-refractivity contribution in [3.8, 4) is 5.75 Å². The molecule has 1 heterocycles. The van der Waals surface area contributed by atoms with E-state index in [1.165, 1.54) is 12.1 Å². The van der Waals surface area contributed by atoms with Gasteiger partial charge in [-0.25, -0.2) is 9.37 Å². The lowest BCUT2D eigenvalue weighted by atomic mass is 9.85. The maximum absolute atomic E-state index is 13.7. The number of aromatic amines is 1. The van der Waals surface area contributed by atoms with Crippen LogP contribution >= 0.6 is 23.2 Å². The van der Waals surface area contributed by atoms with Crippen LogP contribution < -0.4 is 10.5 Å². The van der Waals surface area contributed by atoms with E-state index in [4.69, 9.17) is 33.7 Å². The number of nitrogens with two attached hydrogens (primary N) is 1. The van der Waals surface area contributed by atoms with Gasteiger partial charge in [0.2, 0.25) is 5.91 Å². The number of benzene rings is 2. The third kappa shape index (κ3) is 5.57. The van der Waals surface area contributed by atoms with E-state index in [0.29, 0.717) is 36.5 Å². The highest BCUT2D eigenvalue weighted by Gasteiger charge is 2.31. The molecule has 1 fully saturated rings. The summed E-state index contributed by atoms with van der Waals surface area (Å²) in [6.45, 7) is -0.0434. The van der Waals surface area contributed by atoms with Gasteiger partial charge in [-0.15, -0.1) is 0 Å². The minimum absolute atomic E-state index is 0.0218. The van der Waals surface area contributed by atoms with Crippen LogP contribution in [0.25, 0.3) is 11.0 Å². The molecule has 2 aromatic carbocycles. The van der Waals surface area contributed by atoms with E-state index < -0.39 is 5.82 Å². The molecule has 174 valence electrons. The van der Waals surface area contributed by atoms with E-state index in [1.54, 1.807) is 23.1 Å². The number of imidazole rings is 1. The number of carbonyl (C=O) groups is 2. The van der Waals surface area contributed by atoms with Crippen LogP contribution in [0, 0.1) is 11.7 Å². The summed E-state index contributed by atoms with van der Waals surface area (Å²) >= 11 is 11.8. The average molecular weight is 493 g/mol. The highest BCUT2D eigenvalue weighted by Crippen LogP contribution is 2.29. The molecule has 0 bridgehead atoms. The van der Waals surface area contributed by atoms with E-state index in [0.717, 1.165) is 17.1 Å². The number of primary amides is 1. The second kappa shape index (κ2) is 9.97. The van der Waals surface area contributed by atoms with Crippen molar-refractivity contribution in [3.63, 3.8) is 0 Å². The Labute approximate surface area is 200 Å². The molecule has 7 nitrogen and oxygen atoms in total. The standard InChI is InChI=1S/C23H23Cl2FN4O3/c24-14-3-8-19-20(9-14)29-21(28-19)11-30(15-4-1-13(2-5-15)23(27)32)22(31)12-33-16-6-7-17(25)18(26)10-16/h3,6-10,13,15H,1-2,4-5,11-12H2,(H2,27,32)(H,28,29). The Kier molecular flexibility index (Phi) is 7.05. The predicted molar refractivity (Wildman–Crippen MR) is 123 cm³/mol. The van der Waals surface area contributed by atoms with Gasteiger partial charge in [0.1, 0.15) is 17.4 Å². The van der Waals surface area contributed by atoms with Crippen LogP contribution in [0.3, 0.4) is 0 Å². The van der Waals surface area contributed by atoms with Crippen molar-refractivity contribution in [3.05, 3.63) is 58.1 Å². The van der Waals surface area contributed by atoms with Gasteiger partial charge in [-0.05, 0) is 56.0 Å². The van der Waals surface area contributed by atoms with Crippen LogP contribution in [0.1, 0.15) is 31.5 Å². The van der Waals surface area contributed by atoms with Gasteiger partial charge in [-0.3, -0.25) is 9.59 Å². The van der Waals surface area contributed by atoms with Gasteiger partial charge in [0.05, 0.1) is 22.6 Å². The van der Waals surface area contributed by atoms with Gasteiger partial charge >= 0.3 is 0 Å². The fraction of sp³-hybridized carbons (Fsp3) is 0.348. The molecule has 4 rings (SSSR count). The maximum Gasteiger partial charge on any atom is 0.261 e. The van der Waals surface area contributed by atoms with Gasteiger partial charge in [0.15, 0.2) is 6.61 Å². The summed E-state index contributed by atoms with van der Waals surface area (Å²) in [5, 5.41) is 0.561. The lowest BCUT2D eigenvalue weighted by Crippen LogP contribution is -2.45. The monoisotopic (exact) mass is 492 g/mol. The van der Waals surface area contributed by atoms with Crippen LogP contribution in [0.4, 0.5) is 4.39 Å². The number of nitrogens with one attached hydrogen (secondary N) is 1. The van der Waals surface area contributed by atoms with E-state index in [1.807, 2.05) is 0 Å². The summed E-state index contributed by atoms with van der Waals surface area (Å²) in [5.41, 5.74) is 6.97. The molecule has 0 unspecified atom stereocenters.